The smallest absolute Gasteiger partial charge is 0.322 e. The second-order valence-corrected chi connectivity index (χ2v) is 19.6. The molecule has 51 heavy (non-hydrogen) atoms. The van der Waals surface area contributed by atoms with Crippen LogP contribution >= 0.6 is 25.3 Å². The average Bonchev–Trinajstić information content (AvgIpc) is 3.03. The molecule has 1 aromatic rings. The van der Waals surface area contributed by atoms with Gasteiger partial charge in [0, 0.05) is 42.1 Å². The van der Waals surface area contributed by atoms with Crippen molar-refractivity contribution in [2.45, 2.75) is 121 Å². The Hall–Kier alpha value is -1.55. The summed E-state index contributed by atoms with van der Waals surface area (Å²) in [5, 5.41) is 19.7. The fourth-order valence-corrected chi connectivity index (χ4v) is 7.84. The van der Waals surface area contributed by atoms with E-state index in [1.807, 2.05) is 6.92 Å². The number of ether oxygens (including phenoxy) is 1. The van der Waals surface area contributed by atoms with Crippen LogP contribution in [0.25, 0.3) is 0 Å². The van der Waals surface area contributed by atoms with Gasteiger partial charge in [0.25, 0.3) is 0 Å². The lowest BCUT2D eigenvalue weighted by Gasteiger charge is -2.30. The molecule has 0 radical (unpaired) electrons. The molecule has 1 saturated heterocycles. The summed E-state index contributed by atoms with van der Waals surface area (Å²) < 4.78 is 33.3. The van der Waals surface area contributed by atoms with Crippen molar-refractivity contribution in [3.05, 3.63) is 23.8 Å². The Balaban J connectivity index is 2.04. The van der Waals surface area contributed by atoms with E-state index < -0.39 is 22.0 Å². The highest BCUT2D eigenvalue weighted by Crippen LogP contribution is 2.28. The summed E-state index contributed by atoms with van der Waals surface area (Å²) in [7, 11) is -3.76. The van der Waals surface area contributed by atoms with E-state index in [-0.39, 0.29) is 27.6 Å². The van der Waals surface area contributed by atoms with Gasteiger partial charge in [-0.2, -0.15) is 25.3 Å². The third-order valence-electron chi connectivity index (χ3n) is 8.77. The minimum Gasteiger partial charge on any atom is -0.491 e. The highest BCUT2D eigenvalue weighted by molar-refractivity contribution is 7.89. The van der Waals surface area contributed by atoms with Gasteiger partial charge in [-0.05, 0) is 122 Å². The number of nitrogens with one attached hydrogen (secondary N) is 4. The Kier molecular flexibility index (Phi) is 20.8. The van der Waals surface area contributed by atoms with Gasteiger partial charge in [-0.25, -0.2) is 13.1 Å². The molecular weight excluding hydrogens is 707 g/mol. The lowest BCUT2D eigenvalue weighted by Crippen LogP contribution is -2.43. The van der Waals surface area contributed by atoms with Crippen LogP contribution in [0.3, 0.4) is 0 Å². The van der Waals surface area contributed by atoms with Crippen molar-refractivity contribution in [1.29, 1.82) is 0 Å². The van der Waals surface area contributed by atoms with Crippen LogP contribution in [0.5, 0.6) is 5.75 Å². The maximum atomic E-state index is 13.2. The van der Waals surface area contributed by atoms with Crippen molar-refractivity contribution in [2.75, 3.05) is 63.5 Å². The van der Waals surface area contributed by atoms with E-state index in [9.17, 15) is 23.1 Å². The number of rotatable bonds is 27. The third kappa shape index (κ3) is 21.7. The van der Waals surface area contributed by atoms with Gasteiger partial charge in [-0.3, -0.25) is 9.59 Å². The molecule has 1 heterocycles. The fourth-order valence-electron chi connectivity index (χ4n) is 6.12. The fraction of sp³-hybridized carbons (Fsp3) is 0.784. The summed E-state index contributed by atoms with van der Waals surface area (Å²) in [5.41, 5.74) is 1.04. The van der Waals surface area contributed by atoms with Crippen LogP contribution in [-0.2, 0) is 26.0 Å². The molecule has 0 aliphatic carbocycles. The number of piperidine rings is 1. The number of carbonyl (C=O) groups is 2. The first-order chi connectivity index (χ1) is 24.0. The van der Waals surface area contributed by atoms with Crippen LogP contribution in [0.2, 0.25) is 0 Å². The zero-order valence-electron chi connectivity index (χ0n) is 31.8. The Morgan fingerprint density at radius 2 is 1.76 bits per heavy atom. The number of hydrogen-bond acceptors (Lipinski definition) is 10. The van der Waals surface area contributed by atoms with Crippen molar-refractivity contribution in [2.24, 2.45) is 5.92 Å². The van der Waals surface area contributed by atoms with Gasteiger partial charge in [-0.1, -0.05) is 25.8 Å². The van der Waals surface area contributed by atoms with E-state index in [1.165, 1.54) is 19.3 Å². The summed E-state index contributed by atoms with van der Waals surface area (Å²) in [6.07, 6.45) is 8.45. The number of benzene rings is 1. The van der Waals surface area contributed by atoms with Crippen molar-refractivity contribution in [1.82, 2.24) is 20.3 Å². The number of carboxylic acid groups (broad SMARTS) is 1. The van der Waals surface area contributed by atoms with Gasteiger partial charge in [0.15, 0.2) is 0 Å². The van der Waals surface area contributed by atoms with Crippen LogP contribution < -0.4 is 25.4 Å². The number of carboxylic acids is 1. The summed E-state index contributed by atoms with van der Waals surface area (Å²) in [5.74, 6) is -0.277. The van der Waals surface area contributed by atoms with Crippen LogP contribution in [0, 0.1) is 5.92 Å². The van der Waals surface area contributed by atoms with Crippen LogP contribution in [0.1, 0.15) is 104 Å². The number of anilines is 1. The van der Waals surface area contributed by atoms with Gasteiger partial charge < -0.3 is 30.7 Å². The number of nitrogens with zero attached hydrogens (tertiary/aromatic N) is 1. The second-order valence-electron chi connectivity index (χ2n) is 15.3. The van der Waals surface area contributed by atoms with Gasteiger partial charge in [0.05, 0.1) is 18.0 Å². The Morgan fingerprint density at radius 3 is 2.41 bits per heavy atom. The van der Waals surface area contributed by atoms with Gasteiger partial charge in [-0.15, -0.1) is 0 Å². The summed E-state index contributed by atoms with van der Waals surface area (Å²) in [6.45, 7) is 17.1. The molecule has 294 valence electrons. The predicted molar refractivity (Wildman–Crippen MR) is 216 cm³/mol. The summed E-state index contributed by atoms with van der Waals surface area (Å²) >= 11 is 9.33. The first-order valence-corrected chi connectivity index (χ1v) is 21.4. The second kappa shape index (κ2) is 23.3. The molecule has 5 N–H and O–H groups in total. The average molecular weight is 774 g/mol. The third-order valence-corrected chi connectivity index (χ3v) is 10.5. The zero-order valence-corrected chi connectivity index (χ0v) is 34.4. The summed E-state index contributed by atoms with van der Waals surface area (Å²) in [6, 6.07) is 3.85. The minimum absolute atomic E-state index is 0.0717. The lowest BCUT2D eigenvalue weighted by atomic mass is 9.93. The van der Waals surface area contributed by atoms with Crippen LogP contribution in [0.4, 0.5) is 5.69 Å². The molecule has 0 unspecified atom stereocenters. The van der Waals surface area contributed by atoms with E-state index in [4.69, 9.17) is 17.4 Å². The maximum Gasteiger partial charge on any atom is 0.322 e. The molecule has 0 saturated carbocycles. The highest BCUT2D eigenvalue weighted by Gasteiger charge is 2.25. The normalized spacial score (nSPS) is 15.2. The standard InChI is InChI=1S/C37H67N5O6S3/c1-6-7-24-51(46,47)41-32(35(44)45)26-30-14-15-33(48-23-11-9-12-29-16-18-38-19-17-29)31(25-30)40-34(43)13-8-10-21-42(28-37(4,5)50)22-20-39-27-36(2,3)49/h14-15,25,29,32,38-39,41,49-50H,6-13,16-24,26-28H2,1-5H3,(H,40,43)(H,44,45)/t32-/m0/s1. The number of amides is 1. The van der Waals surface area contributed by atoms with Gasteiger partial charge >= 0.3 is 5.97 Å². The summed E-state index contributed by atoms with van der Waals surface area (Å²) in [4.78, 5) is 27.6. The zero-order chi connectivity index (χ0) is 37.9. The maximum absolute atomic E-state index is 13.2. The molecule has 1 aliphatic rings. The van der Waals surface area contributed by atoms with Crippen LogP contribution in [0.15, 0.2) is 18.2 Å². The molecule has 2 rings (SSSR count). The molecular formula is C37H67N5O6S3. The molecule has 11 nitrogen and oxygen atoms in total. The molecule has 1 atom stereocenters. The number of thiol groups is 2. The predicted octanol–water partition coefficient (Wildman–Crippen LogP) is 5.37. The van der Waals surface area contributed by atoms with Gasteiger partial charge in [0.2, 0.25) is 15.9 Å². The number of unbranched alkanes of at least 4 members (excludes halogenated alkanes) is 3. The molecule has 1 amide bonds. The highest BCUT2D eigenvalue weighted by atomic mass is 32.2. The minimum atomic E-state index is -3.76. The molecule has 0 spiro atoms. The first-order valence-electron chi connectivity index (χ1n) is 18.8. The monoisotopic (exact) mass is 773 g/mol. The van der Waals surface area contributed by atoms with Crippen molar-refractivity contribution in [3.63, 3.8) is 0 Å². The lowest BCUT2D eigenvalue weighted by molar-refractivity contribution is -0.138. The molecule has 1 aromatic carbocycles. The SMILES string of the molecule is CCCCS(=O)(=O)N[C@@H](Cc1ccc(OCCCCC2CCNCC2)c(NC(=O)CCCCN(CCNCC(C)(C)S)CC(C)(C)S)c1)C(=O)O. The van der Waals surface area contributed by atoms with Crippen molar-refractivity contribution < 1.29 is 27.9 Å². The first kappa shape index (κ1) is 45.6. The van der Waals surface area contributed by atoms with Gasteiger partial charge in [0.1, 0.15) is 11.8 Å². The topological polar surface area (TPSA) is 149 Å². The molecule has 14 heteroatoms. The number of aliphatic carboxylic acids is 1. The number of carbonyl (C=O) groups excluding carboxylic acids is 1. The van der Waals surface area contributed by atoms with Crippen LogP contribution in [-0.4, -0.2) is 104 Å². The Labute approximate surface area is 319 Å². The van der Waals surface area contributed by atoms with E-state index >= 15 is 0 Å². The van der Waals surface area contributed by atoms with E-state index in [0.717, 1.165) is 71.0 Å². The van der Waals surface area contributed by atoms with Crippen molar-refractivity contribution in [3.8, 4) is 5.75 Å². The van der Waals surface area contributed by atoms with Crippen molar-refractivity contribution >= 4 is 52.8 Å². The largest absolute Gasteiger partial charge is 0.491 e. The molecule has 1 fully saturated rings. The van der Waals surface area contributed by atoms with E-state index in [2.05, 4.69) is 65.9 Å². The Morgan fingerprint density at radius 1 is 1.04 bits per heavy atom. The van der Waals surface area contributed by atoms with E-state index in [1.54, 1.807) is 18.2 Å². The number of hydrogen-bond donors (Lipinski definition) is 7. The quantitative estimate of drug-likeness (QED) is 0.0463. The Bertz CT molecular complexity index is 1280. The molecule has 0 bridgehead atoms. The molecule has 0 aromatic heterocycles. The number of sulfonamides is 1. The molecule has 1 aliphatic heterocycles. The van der Waals surface area contributed by atoms with E-state index in [0.29, 0.717) is 49.3 Å².